The smallest absolute Gasteiger partial charge is 0.0534 e. The first-order valence-electron chi connectivity index (χ1n) is 5.30. The molecule has 77 valence electrons. The van der Waals surface area contributed by atoms with Crippen molar-refractivity contribution in [3.05, 3.63) is 41.3 Å². The molecule has 0 fully saturated rings. The van der Waals surface area contributed by atoms with Gasteiger partial charge >= 0.3 is 0 Å². The van der Waals surface area contributed by atoms with Gasteiger partial charge < -0.3 is 5.11 Å². The minimum atomic E-state index is 0.150. The maximum absolute atomic E-state index is 9.02. The number of aliphatic hydroxyl groups is 1. The summed E-state index contributed by atoms with van der Waals surface area (Å²) in [6.07, 6.45) is 3.61. The molecule has 0 heterocycles. The highest BCUT2D eigenvalue weighted by atomic mass is 16.3. The van der Waals surface area contributed by atoms with E-state index in [1.54, 1.807) is 0 Å². The molecule has 1 heteroatoms. The molecule has 0 saturated carbocycles. The Morgan fingerprint density at radius 2 is 2.14 bits per heavy atom. The third-order valence-electron chi connectivity index (χ3n) is 2.48. The van der Waals surface area contributed by atoms with E-state index in [-0.39, 0.29) is 6.61 Å². The van der Waals surface area contributed by atoms with Crippen LogP contribution in [0.1, 0.15) is 37.8 Å². The SMILES string of the molecule is CCCCc1cccc([C](C)CO)c1. The lowest BCUT2D eigenvalue weighted by atomic mass is 9.98. The van der Waals surface area contributed by atoms with E-state index in [0.717, 1.165) is 12.3 Å². The Bertz CT molecular complexity index is 268. The van der Waals surface area contributed by atoms with E-state index in [1.807, 2.05) is 6.92 Å². The Morgan fingerprint density at radius 1 is 1.36 bits per heavy atom. The summed E-state index contributed by atoms with van der Waals surface area (Å²) in [6, 6.07) is 8.46. The molecule has 0 amide bonds. The maximum Gasteiger partial charge on any atom is 0.0534 e. The van der Waals surface area contributed by atoms with Crippen LogP contribution in [-0.4, -0.2) is 11.7 Å². The molecule has 14 heavy (non-hydrogen) atoms. The van der Waals surface area contributed by atoms with E-state index in [0.29, 0.717) is 0 Å². The first-order valence-corrected chi connectivity index (χ1v) is 5.30. The normalized spacial score (nSPS) is 10.9. The van der Waals surface area contributed by atoms with Crippen LogP contribution in [0.2, 0.25) is 0 Å². The molecule has 1 aromatic rings. The highest BCUT2D eigenvalue weighted by Crippen LogP contribution is 2.16. The summed E-state index contributed by atoms with van der Waals surface area (Å²) in [7, 11) is 0. The van der Waals surface area contributed by atoms with E-state index >= 15 is 0 Å². The minimum Gasteiger partial charge on any atom is -0.395 e. The number of hydrogen-bond acceptors (Lipinski definition) is 1. The van der Waals surface area contributed by atoms with Crippen LogP contribution in [0.15, 0.2) is 24.3 Å². The molecule has 1 radical (unpaired) electrons. The van der Waals surface area contributed by atoms with Gasteiger partial charge in [-0.2, -0.15) is 0 Å². The van der Waals surface area contributed by atoms with Crippen molar-refractivity contribution in [2.75, 3.05) is 6.61 Å². The second-order valence-corrected chi connectivity index (χ2v) is 3.74. The summed E-state index contributed by atoms with van der Waals surface area (Å²) in [5, 5.41) is 9.02. The number of hydrogen-bond donors (Lipinski definition) is 1. The van der Waals surface area contributed by atoms with Crippen LogP contribution in [0.25, 0.3) is 0 Å². The number of benzene rings is 1. The fraction of sp³-hybridized carbons (Fsp3) is 0.462. The maximum atomic E-state index is 9.02. The van der Waals surface area contributed by atoms with Crippen LogP contribution >= 0.6 is 0 Å². The third kappa shape index (κ3) is 3.15. The molecule has 1 rings (SSSR count). The Hall–Kier alpha value is -0.820. The van der Waals surface area contributed by atoms with Crippen molar-refractivity contribution in [2.24, 2.45) is 0 Å². The van der Waals surface area contributed by atoms with Crippen molar-refractivity contribution in [3.8, 4) is 0 Å². The van der Waals surface area contributed by atoms with Gasteiger partial charge in [0.25, 0.3) is 0 Å². The largest absolute Gasteiger partial charge is 0.395 e. The average molecular weight is 191 g/mol. The second-order valence-electron chi connectivity index (χ2n) is 3.74. The first-order chi connectivity index (χ1) is 6.77. The zero-order chi connectivity index (χ0) is 10.4. The lowest BCUT2D eigenvalue weighted by Crippen LogP contribution is -2.00. The summed E-state index contributed by atoms with van der Waals surface area (Å²) in [6.45, 7) is 4.32. The monoisotopic (exact) mass is 191 g/mol. The molecule has 1 N–H and O–H groups in total. The second kappa shape index (κ2) is 5.82. The van der Waals surface area contributed by atoms with Gasteiger partial charge in [0.2, 0.25) is 0 Å². The number of unbranched alkanes of at least 4 members (excludes halogenated alkanes) is 1. The van der Waals surface area contributed by atoms with Crippen LogP contribution in [0.3, 0.4) is 0 Å². The van der Waals surface area contributed by atoms with Gasteiger partial charge in [-0.05, 0) is 24.0 Å². The van der Waals surface area contributed by atoms with Gasteiger partial charge in [-0.1, -0.05) is 44.5 Å². The van der Waals surface area contributed by atoms with E-state index in [4.69, 9.17) is 5.11 Å². The Balaban J connectivity index is 2.68. The molecule has 0 bridgehead atoms. The van der Waals surface area contributed by atoms with Crippen LogP contribution < -0.4 is 0 Å². The topological polar surface area (TPSA) is 20.2 Å². The minimum absolute atomic E-state index is 0.150. The first kappa shape index (κ1) is 11.3. The van der Waals surface area contributed by atoms with E-state index < -0.39 is 0 Å². The predicted molar refractivity (Wildman–Crippen MR) is 60.2 cm³/mol. The van der Waals surface area contributed by atoms with Crippen molar-refractivity contribution in [1.82, 2.24) is 0 Å². The van der Waals surface area contributed by atoms with Crippen molar-refractivity contribution in [2.45, 2.75) is 33.1 Å². The summed E-state index contributed by atoms with van der Waals surface area (Å²) in [5.74, 6) is 1.04. The molecule has 0 aliphatic carbocycles. The zero-order valence-electron chi connectivity index (χ0n) is 9.09. The van der Waals surface area contributed by atoms with Crippen LogP contribution in [0, 0.1) is 5.92 Å². The Labute approximate surface area is 86.8 Å². The summed E-state index contributed by atoms with van der Waals surface area (Å²) in [5.41, 5.74) is 2.54. The van der Waals surface area contributed by atoms with Gasteiger partial charge in [-0.3, -0.25) is 0 Å². The standard InChI is InChI=1S/C13H19O/c1-3-4-6-12-7-5-8-13(9-12)11(2)10-14/h5,7-9,14H,3-4,6,10H2,1-2H3. The fourth-order valence-electron chi connectivity index (χ4n) is 1.46. The summed E-state index contributed by atoms with van der Waals surface area (Å²) in [4.78, 5) is 0. The fourth-order valence-corrected chi connectivity index (χ4v) is 1.46. The molecule has 0 unspecified atom stereocenters. The molecule has 0 atom stereocenters. The van der Waals surface area contributed by atoms with Crippen molar-refractivity contribution in [1.29, 1.82) is 0 Å². The van der Waals surface area contributed by atoms with Gasteiger partial charge in [0.1, 0.15) is 0 Å². The van der Waals surface area contributed by atoms with Crippen LogP contribution in [0.4, 0.5) is 0 Å². The predicted octanol–water partition coefficient (Wildman–Crippen LogP) is 2.96. The Morgan fingerprint density at radius 3 is 2.79 bits per heavy atom. The Kier molecular flexibility index (Phi) is 4.68. The molecule has 0 aliphatic rings. The number of rotatable bonds is 5. The van der Waals surface area contributed by atoms with Crippen LogP contribution in [0.5, 0.6) is 0 Å². The molecular weight excluding hydrogens is 172 g/mol. The van der Waals surface area contributed by atoms with Gasteiger partial charge in [0.05, 0.1) is 6.61 Å². The van der Waals surface area contributed by atoms with Gasteiger partial charge in [-0.15, -0.1) is 0 Å². The van der Waals surface area contributed by atoms with Crippen LogP contribution in [-0.2, 0) is 6.42 Å². The highest BCUT2D eigenvalue weighted by Gasteiger charge is 2.04. The van der Waals surface area contributed by atoms with Crippen molar-refractivity contribution < 1.29 is 5.11 Å². The molecular formula is C13H19O. The van der Waals surface area contributed by atoms with Gasteiger partial charge in [-0.25, -0.2) is 0 Å². The van der Waals surface area contributed by atoms with Gasteiger partial charge in [0.15, 0.2) is 0 Å². The highest BCUT2D eigenvalue weighted by molar-refractivity contribution is 5.33. The summed E-state index contributed by atoms with van der Waals surface area (Å²) >= 11 is 0. The number of aryl methyl sites for hydroxylation is 1. The molecule has 0 aliphatic heterocycles. The van der Waals surface area contributed by atoms with Crippen molar-refractivity contribution in [3.63, 3.8) is 0 Å². The van der Waals surface area contributed by atoms with Crippen molar-refractivity contribution >= 4 is 0 Å². The third-order valence-corrected chi connectivity index (χ3v) is 2.48. The molecule has 0 spiro atoms. The number of aliphatic hydroxyl groups excluding tert-OH is 1. The quantitative estimate of drug-likeness (QED) is 0.758. The van der Waals surface area contributed by atoms with E-state index in [9.17, 15) is 0 Å². The van der Waals surface area contributed by atoms with E-state index in [2.05, 4.69) is 31.2 Å². The molecule has 1 nitrogen and oxygen atoms in total. The zero-order valence-corrected chi connectivity index (χ0v) is 9.09. The molecule has 1 aromatic carbocycles. The summed E-state index contributed by atoms with van der Waals surface area (Å²) < 4.78 is 0. The average Bonchev–Trinajstić information content (AvgIpc) is 2.25. The lowest BCUT2D eigenvalue weighted by Gasteiger charge is -2.09. The molecule has 0 saturated heterocycles. The van der Waals surface area contributed by atoms with Gasteiger partial charge in [0, 0.05) is 5.92 Å². The van der Waals surface area contributed by atoms with E-state index in [1.165, 1.54) is 24.0 Å². The lowest BCUT2D eigenvalue weighted by molar-refractivity contribution is 0.315. The molecule has 0 aromatic heterocycles.